The fourth-order valence-corrected chi connectivity index (χ4v) is 4.75. The summed E-state index contributed by atoms with van der Waals surface area (Å²) in [5, 5.41) is 12.1. The van der Waals surface area contributed by atoms with Crippen LogP contribution >= 0.6 is 39.1 Å². The second kappa shape index (κ2) is 10.6. The second-order valence-corrected chi connectivity index (χ2v) is 10.6. The normalized spacial score (nSPS) is 12.1. The molecule has 0 fully saturated rings. The quantitative estimate of drug-likeness (QED) is 0.288. The molecule has 0 radical (unpaired) electrons. The lowest BCUT2D eigenvalue weighted by Crippen LogP contribution is -2.18. The standard InChI is InChI=1S/C21H18BrClN4O4S2/c1-3-31-21(28)17(24)16(22)18(25-15-10-5-4-9-14(15)23)20-26-19(27-32-20)12-7-6-8-13(11-12)33(2,29)30/h4-11,24-25H,3H2,1-2H3/b18-16+,24-17?. The molecule has 0 bridgehead atoms. The van der Waals surface area contributed by atoms with E-state index in [0.29, 0.717) is 27.1 Å². The molecular weight excluding hydrogens is 552 g/mol. The van der Waals surface area contributed by atoms with E-state index in [-0.39, 0.29) is 21.7 Å². The highest BCUT2D eigenvalue weighted by molar-refractivity contribution is 9.12. The Labute approximate surface area is 208 Å². The summed E-state index contributed by atoms with van der Waals surface area (Å²) in [7, 11) is -3.40. The first-order valence-electron chi connectivity index (χ1n) is 9.43. The van der Waals surface area contributed by atoms with Gasteiger partial charge in [0.05, 0.1) is 32.4 Å². The van der Waals surface area contributed by atoms with Gasteiger partial charge in [0.25, 0.3) is 0 Å². The van der Waals surface area contributed by atoms with Crippen LogP contribution in [-0.4, -0.2) is 42.3 Å². The largest absolute Gasteiger partial charge is 0.461 e. The minimum absolute atomic E-state index is 0.105. The Hall–Kier alpha value is -2.60. The molecule has 0 aliphatic carbocycles. The van der Waals surface area contributed by atoms with Crippen molar-refractivity contribution in [2.24, 2.45) is 0 Å². The molecule has 0 aliphatic heterocycles. The fraction of sp³-hybridized carbons (Fsp3) is 0.143. The van der Waals surface area contributed by atoms with E-state index < -0.39 is 21.5 Å². The maximum Gasteiger partial charge on any atom is 0.357 e. The van der Waals surface area contributed by atoms with Crippen molar-refractivity contribution in [2.75, 3.05) is 18.2 Å². The van der Waals surface area contributed by atoms with Gasteiger partial charge in [-0.2, -0.15) is 4.37 Å². The topological polar surface area (TPSA) is 122 Å². The maximum atomic E-state index is 12.1. The highest BCUT2D eigenvalue weighted by atomic mass is 79.9. The molecule has 0 saturated heterocycles. The number of hydrogen-bond donors (Lipinski definition) is 2. The number of ether oxygens (including phenoxy) is 1. The first-order chi connectivity index (χ1) is 15.6. The molecular formula is C21H18BrClN4O4S2. The molecule has 0 spiro atoms. The van der Waals surface area contributed by atoms with E-state index >= 15 is 0 Å². The molecule has 0 amide bonds. The number of carbonyl (C=O) groups excluding carboxylic acids is 1. The van der Waals surface area contributed by atoms with Crippen LogP contribution in [0.25, 0.3) is 17.1 Å². The summed E-state index contributed by atoms with van der Waals surface area (Å²) in [5.41, 5.74) is 0.902. The Morgan fingerprint density at radius 3 is 2.64 bits per heavy atom. The predicted molar refractivity (Wildman–Crippen MR) is 134 cm³/mol. The van der Waals surface area contributed by atoms with Crippen LogP contribution in [0.15, 0.2) is 57.9 Å². The number of aromatic nitrogens is 2. The number of anilines is 1. The molecule has 0 saturated carbocycles. The Kier molecular flexibility index (Phi) is 8.01. The average Bonchev–Trinajstić information content (AvgIpc) is 3.27. The number of hydrogen-bond acceptors (Lipinski definition) is 9. The molecule has 0 atom stereocenters. The van der Waals surface area contributed by atoms with Gasteiger partial charge in [-0.1, -0.05) is 35.9 Å². The van der Waals surface area contributed by atoms with Gasteiger partial charge in [0, 0.05) is 11.8 Å². The number of esters is 1. The van der Waals surface area contributed by atoms with Gasteiger partial charge in [0.2, 0.25) is 0 Å². The molecule has 33 heavy (non-hydrogen) atoms. The third-order valence-corrected chi connectivity index (χ3v) is 7.18. The average molecular weight is 570 g/mol. The van der Waals surface area contributed by atoms with Crippen LogP contribution in [0, 0.1) is 5.41 Å². The number of para-hydroxylation sites is 1. The summed E-state index contributed by atoms with van der Waals surface area (Å²) < 4.78 is 33.2. The van der Waals surface area contributed by atoms with Crippen molar-refractivity contribution < 1.29 is 17.9 Å². The minimum Gasteiger partial charge on any atom is -0.461 e. The molecule has 0 aliphatic rings. The zero-order chi connectivity index (χ0) is 24.2. The van der Waals surface area contributed by atoms with Crippen molar-refractivity contribution >= 4 is 72.0 Å². The number of sulfone groups is 1. The fourth-order valence-electron chi connectivity index (χ4n) is 2.63. The van der Waals surface area contributed by atoms with Crippen LogP contribution in [-0.2, 0) is 19.4 Å². The summed E-state index contributed by atoms with van der Waals surface area (Å²) in [6, 6.07) is 13.2. The summed E-state index contributed by atoms with van der Waals surface area (Å²) in [6.07, 6.45) is 1.12. The van der Waals surface area contributed by atoms with Gasteiger partial charge < -0.3 is 10.1 Å². The van der Waals surface area contributed by atoms with E-state index in [1.165, 1.54) is 12.1 Å². The van der Waals surface area contributed by atoms with Crippen LogP contribution in [0.5, 0.6) is 0 Å². The molecule has 1 aromatic heterocycles. The van der Waals surface area contributed by atoms with Crippen molar-refractivity contribution in [1.82, 2.24) is 9.36 Å². The van der Waals surface area contributed by atoms with Gasteiger partial charge in [-0.25, -0.2) is 18.2 Å². The van der Waals surface area contributed by atoms with Crippen LogP contribution in [0.3, 0.4) is 0 Å². The molecule has 8 nitrogen and oxygen atoms in total. The van der Waals surface area contributed by atoms with E-state index in [0.717, 1.165) is 17.8 Å². The molecule has 3 rings (SSSR count). The summed E-state index contributed by atoms with van der Waals surface area (Å²) >= 11 is 10.6. The van der Waals surface area contributed by atoms with Crippen LogP contribution in [0.2, 0.25) is 5.02 Å². The van der Waals surface area contributed by atoms with Crippen molar-refractivity contribution in [2.45, 2.75) is 11.8 Å². The van der Waals surface area contributed by atoms with Crippen LogP contribution in [0.4, 0.5) is 5.69 Å². The highest BCUT2D eigenvalue weighted by Gasteiger charge is 2.23. The molecule has 2 N–H and O–H groups in total. The minimum atomic E-state index is -3.40. The Balaban J connectivity index is 2.08. The monoisotopic (exact) mass is 568 g/mol. The van der Waals surface area contributed by atoms with Crippen LogP contribution < -0.4 is 5.32 Å². The highest BCUT2D eigenvalue weighted by Crippen LogP contribution is 2.32. The zero-order valence-electron chi connectivity index (χ0n) is 17.4. The van der Waals surface area contributed by atoms with Gasteiger partial charge in [-0.3, -0.25) is 5.41 Å². The smallest absolute Gasteiger partial charge is 0.357 e. The molecule has 1 heterocycles. The summed E-state index contributed by atoms with van der Waals surface area (Å²) in [6.45, 7) is 1.77. The zero-order valence-corrected chi connectivity index (χ0v) is 21.4. The molecule has 172 valence electrons. The maximum absolute atomic E-state index is 12.1. The first-order valence-corrected chi connectivity index (χ1v) is 13.3. The van der Waals surface area contributed by atoms with E-state index in [9.17, 15) is 13.2 Å². The third kappa shape index (κ3) is 6.05. The number of nitrogens with one attached hydrogen (secondary N) is 2. The predicted octanol–water partition coefficient (Wildman–Crippen LogP) is 5.02. The number of benzene rings is 2. The van der Waals surface area contributed by atoms with Gasteiger partial charge in [0.1, 0.15) is 0 Å². The lowest BCUT2D eigenvalue weighted by atomic mass is 10.2. The Morgan fingerprint density at radius 1 is 1.24 bits per heavy atom. The third-order valence-electron chi connectivity index (χ3n) is 4.21. The molecule has 0 unspecified atom stereocenters. The summed E-state index contributed by atoms with van der Waals surface area (Å²) in [5.74, 6) is -0.518. The number of carbonyl (C=O) groups is 1. The summed E-state index contributed by atoms with van der Waals surface area (Å²) in [4.78, 5) is 16.8. The molecule has 3 aromatic rings. The number of nitrogens with zero attached hydrogens (tertiary/aromatic N) is 2. The SMILES string of the molecule is CCOC(=O)C(=N)/C(Br)=C(\Nc1ccccc1Cl)c1nc(-c2cccc(S(C)(=O)=O)c2)ns1. The first kappa shape index (κ1) is 25.0. The van der Waals surface area contributed by atoms with E-state index in [4.69, 9.17) is 21.7 Å². The van der Waals surface area contributed by atoms with Crippen molar-refractivity contribution in [3.05, 3.63) is 63.0 Å². The van der Waals surface area contributed by atoms with Crippen LogP contribution in [0.1, 0.15) is 11.9 Å². The van der Waals surface area contributed by atoms with Crippen molar-refractivity contribution in [3.63, 3.8) is 0 Å². The number of halogens is 2. The number of rotatable bonds is 8. The lowest BCUT2D eigenvalue weighted by molar-refractivity contribution is -0.135. The van der Waals surface area contributed by atoms with Gasteiger partial charge in [0.15, 0.2) is 26.4 Å². The van der Waals surface area contributed by atoms with E-state index in [2.05, 4.69) is 30.6 Å². The molecule has 12 heteroatoms. The second-order valence-electron chi connectivity index (χ2n) is 6.61. The van der Waals surface area contributed by atoms with Gasteiger partial charge in [-0.05, 0) is 58.7 Å². The van der Waals surface area contributed by atoms with Gasteiger partial charge in [-0.15, -0.1) is 0 Å². The molecule has 2 aromatic carbocycles. The lowest BCUT2D eigenvalue weighted by Gasteiger charge is -2.13. The van der Waals surface area contributed by atoms with E-state index in [1.807, 2.05) is 0 Å². The van der Waals surface area contributed by atoms with Crippen molar-refractivity contribution in [3.8, 4) is 11.4 Å². The Morgan fingerprint density at radius 2 is 1.97 bits per heavy atom. The van der Waals surface area contributed by atoms with Gasteiger partial charge >= 0.3 is 5.97 Å². The Bertz CT molecular complexity index is 1360. The van der Waals surface area contributed by atoms with Crippen molar-refractivity contribution in [1.29, 1.82) is 5.41 Å². The van der Waals surface area contributed by atoms with E-state index in [1.54, 1.807) is 43.3 Å².